The highest BCUT2D eigenvalue weighted by Gasteiger charge is 2.30. The summed E-state index contributed by atoms with van der Waals surface area (Å²) in [7, 11) is 1.38. The summed E-state index contributed by atoms with van der Waals surface area (Å²) in [5.74, 6) is 0. The van der Waals surface area contributed by atoms with Gasteiger partial charge in [-0.1, -0.05) is 6.07 Å². The maximum absolute atomic E-state index is 12.6. The number of nitrogens with zero attached hydrogens (tertiary/aromatic N) is 1. The van der Waals surface area contributed by atoms with E-state index in [1.807, 2.05) is 0 Å². The van der Waals surface area contributed by atoms with Crippen LogP contribution < -0.4 is 5.56 Å². The van der Waals surface area contributed by atoms with Crippen LogP contribution in [0.4, 0.5) is 13.2 Å². The van der Waals surface area contributed by atoms with E-state index in [9.17, 15) is 18.0 Å². The number of hydrogen-bond donors (Lipinski definition) is 1. The van der Waals surface area contributed by atoms with Gasteiger partial charge in [-0.25, -0.2) is 0 Å². The summed E-state index contributed by atoms with van der Waals surface area (Å²) in [4.78, 5) is 11.7. The molecule has 0 radical (unpaired) electrons. The van der Waals surface area contributed by atoms with E-state index < -0.39 is 23.9 Å². The Bertz CT molecular complexity index is 659. The standard InChI is InChI=1S/C12H10F3NO2/c1-16-10-5-9(12(13,14)15)3-2-7(10)4-8(6-17)11(16)18/h2-5,17H,6H2,1H3. The Hall–Kier alpha value is -1.82. The maximum atomic E-state index is 12.6. The van der Waals surface area contributed by atoms with Crippen molar-refractivity contribution in [2.75, 3.05) is 0 Å². The molecule has 0 aliphatic heterocycles. The van der Waals surface area contributed by atoms with E-state index in [2.05, 4.69) is 0 Å². The highest BCUT2D eigenvalue weighted by Crippen LogP contribution is 2.31. The first kappa shape index (κ1) is 12.6. The topological polar surface area (TPSA) is 42.2 Å². The number of benzene rings is 1. The molecule has 18 heavy (non-hydrogen) atoms. The zero-order valence-electron chi connectivity index (χ0n) is 9.45. The molecule has 6 heteroatoms. The third-order valence-electron chi connectivity index (χ3n) is 2.80. The first-order chi connectivity index (χ1) is 8.34. The highest BCUT2D eigenvalue weighted by atomic mass is 19.4. The van der Waals surface area contributed by atoms with E-state index in [1.165, 1.54) is 19.2 Å². The van der Waals surface area contributed by atoms with Gasteiger partial charge >= 0.3 is 6.18 Å². The number of aromatic nitrogens is 1. The maximum Gasteiger partial charge on any atom is 0.416 e. The molecule has 1 aromatic heterocycles. The molecule has 0 unspecified atom stereocenters. The summed E-state index contributed by atoms with van der Waals surface area (Å²) in [5, 5.41) is 9.47. The zero-order valence-corrected chi connectivity index (χ0v) is 9.45. The molecule has 0 amide bonds. The second-order valence-electron chi connectivity index (χ2n) is 3.96. The van der Waals surface area contributed by atoms with Gasteiger partial charge in [-0.3, -0.25) is 4.79 Å². The molecule has 1 aromatic carbocycles. The van der Waals surface area contributed by atoms with Crippen molar-refractivity contribution in [2.24, 2.45) is 7.05 Å². The molecule has 0 aliphatic rings. The van der Waals surface area contributed by atoms with Crippen molar-refractivity contribution < 1.29 is 18.3 Å². The predicted molar refractivity (Wildman–Crippen MR) is 60.1 cm³/mol. The van der Waals surface area contributed by atoms with E-state index in [-0.39, 0.29) is 11.1 Å². The van der Waals surface area contributed by atoms with Gasteiger partial charge in [-0.05, 0) is 23.6 Å². The Labute approximate surface area is 100 Å². The van der Waals surface area contributed by atoms with Crippen molar-refractivity contribution in [3.8, 4) is 0 Å². The first-order valence-electron chi connectivity index (χ1n) is 5.15. The Morgan fingerprint density at radius 3 is 2.50 bits per heavy atom. The SMILES string of the molecule is Cn1c(=O)c(CO)cc2ccc(C(F)(F)F)cc21. The van der Waals surface area contributed by atoms with Gasteiger partial charge in [0.1, 0.15) is 0 Å². The molecule has 0 aliphatic carbocycles. The normalized spacial score (nSPS) is 12.1. The van der Waals surface area contributed by atoms with E-state index in [0.717, 1.165) is 16.7 Å². The van der Waals surface area contributed by atoms with Gasteiger partial charge in [0.25, 0.3) is 5.56 Å². The summed E-state index contributed by atoms with van der Waals surface area (Å²) in [6.07, 6.45) is -4.44. The first-order valence-corrected chi connectivity index (χ1v) is 5.15. The van der Waals surface area contributed by atoms with Crippen molar-refractivity contribution in [2.45, 2.75) is 12.8 Å². The molecular formula is C12H10F3NO2. The minimum Gasteiger partial charge on any atom is -0.391 e. The summed E-state index contributed by atoms with van der Waals surface area (Å²) in [5.41, 5.74) is -0.956. The average molecular weight is 257 g/mol. The zero-order chi connectivity index (χ0) is 13.5. The van der Waals surface area contributed by atoms with Crippen molar-refractivity contribution in [3.05, 3.63) is 45.7 Å². The summed E-state index contributed by atoms with van der Waals surface area (Å²) in [6, 6.07) is 4.57. The smallest absolute Gasteiger partial charge is 0.391 e. The van der Waals surface area contributed by atoms with Gasteiger partial charge in [-0.15, -0.1) is 0 Å². The van der Waals surface area contributed by atoms with Gasteiger partial charge < -0.3 is 9.67 Å². The lowest BCUT2D eigenvalue weighted by atomic mass is 10.1. The van der Waals surface area contributed by atoms with Crippen LogP contribution in [0.1, 0.15) is 11.1 Å². The number of pyridine rings is 1. The molecule has 0 saturated heterocycles. The predicted octanol–water partition coefficient (Wildman–Crippen LogP) is 2.05. The number of aliphatic hydroxyl groups is 1. The quantitative estimate of drug-likeness (QED) is 0.849. The number of hydrogen-bond acceptors (Lipinski definition) is 2. The summed E-state index contributed by atoms with van der Waals surface area (Å²) < 4.78 is 38.8. The van der Waals surface area contributed by atoms with Crippen LogP contribution in [0, 0.1) is 0 Å². The lowest BCUT2D eigenvalue weighted by molar-refractivity contribution is -0.137. The van der Waals surface area contributed by atoms with Crippen LogP contribution in [0.25, 0.3) is 10.9 Å². The van der Waals surface area contributed by atoms with E-state index >= 15 is 0 Å². The molecule has 0 bridgehead atoms. The highest BCUT2D eigenvalue weighted by molar-refractivity contribution is 5.80. The van der Waals surface area contributed by atoms with Crippen LogP contribution in [0.2, 0.25) is 0 Å². The van der Waals surface area contributed by atoms with E-state index in [1.54, 1.807) is 0 Å². The van der Waals surface area contributed by atoms with E-state index in [4.69, 9.17) is 5.11 Å². The summed E-state index contributed by atoms with van der Waals surface area (Å²) in [6.45, 7) is -0.441. The van der Waals surface area contributed by atoms with Crippen LogP contribution >= 0.6 is 0 Å². The minimum atomic E-state index is -4.44. The van der Waals surface area contributed by atoms with E-state index in [0.29, 0.717) is 5.39 Å². The molecule has 0 atom stereocenters. The molecule has 0 fully saturated rings. The van der Waals surface area contributed by atoms with Crippen molar-refractivity contribution >= 4 is 10.9 Å². The van der Waals surface area contributed by atoms with Crippen molar-refractivity contribution in [3.63, 3.8) is 0 Å². The van der Waals surface area contributed by atoms with Gasteiger partial charge in [0.15, 0.2) is 0 Å². The number of alkyl halides is 3. The molecule has 1 heterocycles. The lowest BCUT2D eigenvalue weighted by Crippen LogP contribution is -2.21. The Morgan fingerprint density at radius 2 is 1.94 bits per heavy atom. The molecular weight excluding hydrogens is 247 g/mol. The minimum absolute atomic E-state index is 0.157. The molecule has 0 spiro atoms. The number of aryl methyl sites for hydroxylation is 1. The second kappa shape index (κ2) is 4.13. The molecule has 0 saturated carbocycles. The fraction of sp³-hybridized carbons (Fsp3) is 0.250. The second-order valence-corrected chi connectivity index (χ2v) is 3.96. The largest absolute Gasteiger partial charge is 0.416 e. The molecule has 2 aromatic rings. The molecule has 3 nitrogen and oxygen atoms in total. The monoisotopic (exact) mass is 257 g/mol. The number of halogens is 3. The lowest BCUT2D eigenvalue weighted by Gasteiger charge is -2.11. The average Bonchev–Trinajstić information content (AvgIpc) is 2.32. The third-order valence-corrected chi connectivity index (χ3v) is 2.80. The van der Waals surface area contributed by atoms with Gasteiger partial charge in [-0.2, -0.15) is 13.2 Å². The van der Waals surface area contributed by atoms with Crippen LogP contribution in [-0.4, -0.2) is 9.67 Å². The van der Waals surface area contributed by atoms with Crippen molar-refractivity contribution in [1.82, 2.24) is 4.57 Å². The number of aliphatic hydroxyl groups excluding tert-OH is 1. The summed E-state index contributed by atoms with van der Waals surface area (Å²) >= 11 is 0. The van der Waals surface area contributed by atoms with Gasteiger partial charge in [0.05, 0.1) is 17.7 Å². The fourth-order valence-corrected chi connectivity index (χ4v) is 1.82. The Morgan fingerprint density at radius 1 is 1.28 bits per heavy atom. The Kier molecular flexibility index (Phi) is 2.90. The van der Waals surface area contributed by atoms with Crippen LogP contribution in [0.15, 0.2) is 29.1 Å². The number of rotatable bonds is 1. The van der Waals surface area contributed by atoms with Crippen LogP contribution in [0.5, 0.6) is 0 Å². The molecule has 96 valence electrons. The van der Waals surface area contributed by atoms with Gasteiger partial charge in [0.2, 0.25) is 0 Å². The van der Waals surface area contributed by atoms with Crippen molar-refractivity contribution in [1.29, 1.82) is 0 Å². The fourth-order valence-electron chi connectivity index (χ4n) is 1.82. The van der Waals surface area contributed by atoms with Crippen LogP contribution in [-0.2, 0) is 19.8 Å². The van der Waals surface area contributed by atoms with Gasteiger partial charge in [0, 0.05) is 12.6 Å². The number of fused-ring (bicyclic) bond motifs is 1. The Balaban J connectivity index is 2.79. The van der Waals surface area contributed by atoms with Crippen LogP contribution in [0.3, 0.4) is 0 Å². The molecule has 2 rings (SSSR count). The third kappa shape index (κ3) is 1.99. The molecule has 1 N–H and O–H groups in total.